The van der Waals surface area contributed by atoms with E-state index in [4.69, 9.17) is 0 Å². The molecule has 5 heteroatoms. The Bertz CT molecular complexity index is 588. The van der Waals surface area contributed by atoms with Crippen molar-refractivity contribution in [2.45, 2.75) is 6.54 Å². The molecule has 0 amide bonds. The standard InChI is InChI=1S/C11H9N3SSe/c1-4-9(11-10(5-1)13-16-14-11)12-7-8-3-2-6-15-8/h1-6,12H,7H2. The first-order valence-corrected chi connectivity index (χ1v) is 7.32. The fourth-order valence-corrected chi connectivity index (χ4v) is 3.34. The van der Waals surface area contributed by atoms with Crippen LogP contribution in [0.5, 0.6) is 0 Å². The van der Waals surface area contributed by atoms with Crippen LogP contribution >= 0.6 is 11.3 Å². The van der Waals surface area contributed by atoms with E-state index in [0.29, 0.717) is 0 Å². The summed E-state index contributed by atoms with van der Waals surface area (Å²) in [4.78, 5) is 1.33. The predicted octanol–water partition coefficient (Wildman–Crippen LogP) is 2.36. The van der Waals surface area contributed by atoms with E-state index in [1.54, 1.807) is 11.3 Å². The maximum absolute atomic E-state index is 4.44. The van der Waals surface area contributed by atoms with Crippen LogP contribution in [-0.2, 0) is 6.54 Å². The van der Waals surface area contributed by atoms with Gasteiger partial charge in [-0.2, -0.15) is 0 Å². The van der Waals surface area contributed by atoms with E-state index < -0.39 is 0 Å². The van der Waals surface area contributed by atoms with Crippen LogP contribution in [0.1, 0.15) is 4.88 Å². The van der Waals surface area contributed by atoms with Gasteiger partial charge < -0.3 is 0 Å². The molecule has 0 aliphatic heterocycles. The van der Waals surface area contributed by atoms with Gasteiger partial charge in [0.2, 0.25) is 0 Å². The molecule has 16 heavy (non-hydrogen) atoms. The van der Waals surface area contributed by atoms with Crippen LogP contribution in [-0.4, -0.2) is 22.9 Å². The Morgan fingerprint density at radius 3 is 3.06 bits per heavy atom. The molecule has 0 atom stereocenters. The van der Waals surface area contributed by atoms with E-state index in [1.165, 1.54) is 4.88 Å². The fraction of sp³-hybridized carbons (Fsp3) is 0.0909. The van der Waals surface area contributed by atoms with Crippen molar-refractivity contribution in [1.82, 2.24) is 7.96 Å². The van der Waals surface area contributed by atoms with Crippen LogP contribution in [0.4, 0.5) is 5.69 Å². The van der Waals surface area contributed by atoms with E-state index in [2.05, 4.69) is 36.9 Å². The zero-order valence-corrected chi connectivity index (χ0v) is 10.9. The summed E-state index contributed by atoms with van der Waals surface area (Å²) in [5.41, 5.74) is 3.14. The van der Waals surface area contributed by atoms with E-state index >= 15 is 0 Å². The van der Waals surface area contributed by atoms with Crippen LogP contribution in [0.25, 0.3) is 11.0 Å². The average molecular weight is 294 g/mol. The molecule has 3 aromatic rings. The normalized spacial score (nSPS) is 10.8. The molecule has 2 aromatic heterocycles. The number of hydrogen-bond donors (Lipinski definition) is 1. The zero-order chi connectivity index (χ0) is 10.8. The number of nitrogens with zero attached hydrogens (tertiary/aromatic N) is 2. The Kier molecular flexibility index (Phi) is 2.74. The molecule has 3 rings (SSSR count). The molecular formula is C11H9N3SSe. The summed E-state index contributed by atoms with van der Waals surface area (Å²) in [7, 11) is 0. The number of aromatic nitrogens is 2. The third kappa shape index (κ3) is 1.89. The number of thiophene rings is 1. The monoisotopic (exact) mass is 295 g/mol. The van der Waals surface area contributed by atoms with Crippen LogP contribution in [0.15, 0.2) is 35.7 Å². The Labute approximate surface area is 103 Å². The van der Waals surface area contributed by atoms with Crippen LogP contribution in [0.2, 0.25) is 0 Å². The SMILES string of the molecule is c1csc(CNc2cccc3n[se]nc23)c1. The number of benzene rings is 1. The third-order valence-electron chi connectivity index (χ3n) is 2.32. The summed E-state index contributed by atoms with van der Waals surface area (Å²) in [6, 6.07) is 10.3. The van der Waals surface area contributed by atoms with Crippen molar-refractivity contribution < 1.29 is 0 Å². The molecule has 80 valence electrons. The van der Waals surface area contributed by atoms with Crippen molar-refractivity contribution in [3.05, 3.63) is 40.6 Å². The predicted molar refractivity (Wildman–Crippen MR) is 68.1 cm³/mol. The topological polar surface area (TPSA) is 37.8 Å². The van der Waals surface area contributed by atoms with Gasteiger partial charge in [0.1, 0.15) is 0 Å². The molecule has 0 fully saturated rings. The minimum atomic E-state index is 0.0447. The van der Waals surface area contributed by atoms with Gasteiger partial charge in [-0.25, -0.2) is 0 Å². The molecule has 2 heterocycles. The van der Waals surface area contributed by atoms with E-state index in [9.17, 15) is 0 Å². The van der Waals surface area contributed by atoms with Gasteiger partial charge in [-0.05, 0) is 0 Å². The van der Waals surface area contributed by atoms with Crippen molar-refractivity contribution in [3.8, 4) is 0 Å². The quantitative estimate of drug-likeness (QED) is 0.754. The summed E-state index contributed by atoms with van der Waals surface area (Å²) in [6.45, 7) is 0.858. The van der Waals surface area contributed by atoms with Crippen molar-refractivity contribution in [2.24, 2.45) is 0 Å². The molecule has 0 radical (unpaired) electrons. The zero-order valence-electron chi connectivity index (χ0n) is 8.38. The molecule has 1 N–H and O–H groups in total. The maximum atomic E-state index is 4.44. The van der Waals surface area contributed by atoms with Gasteiger partial charge in [-0.15, -0.1) is 0 Å². The van der Waals surface area contributed by atoms with E-state index in [0.717, 1.165) is 23.3 Å². The fourth-order valence-electron chi connectivity index (χ4n) is 1.54. The van der Waals surface area contributed by atoms with Gasteiger partial charge in [0, 0.05) is 0 Å². The Balaban J connectivity index is 1.86. The van der Waals surface area contributed by atoms with Gasteiger partial charge in [-0.3, -0.25) is 0 Å². The molecule has 3 nitrogen and oxygen atoms in total. The molecule has 0 saturated carbocycles. The molecule has 0 bridgehead atoms. The van der Waals surface area contributed by atoms with Crippen LogP contribution < -0.4 is 5.32 Å². The van der Waals surface area contributed by atoms with Crippen LogP contribution in [0.3, 0.4) is 0 Å². The Hall–Kier alpha value is -1.16. The molecule has 0 aliphatic carbocycles. The van der Waals surface area contributed by atoms with E-state index in [1.807, 2.05) is 12.1 Å². The first-order valence-electron chi connectivity index (χ1n) is 4.91. The van der Waals surface area contributed by atoms with Gasteiger partial charge in [0.25, 0.3) is 0 Å². The number of rotatable bonds is 3. The molecular weight excluding hydrogens is 285 g/mol. The second-order valence-corrected chi connectivity index (χ2v) is 5.51. The molecule has 0 aliphatic rings. The molecule has 0 unspecified atom stereocenters. The molecule has 0 saturated heterocycles. The molecule has 1 aromatic carbocycles. The van der Waals surface area contributed by atoms with Crippen molar-refractivity contribution in [2.75, 3.05) is 5.32 Å². The number of nitrogens with one attached hydrogen (secondary N) is 1. The minimum absolute atomic E-state index is 0.0447. The van der Waals surface area contributed by atoms with Gasteiger partial charge in [0.15, 0.2) is 0 Å². The Morgan fingerprint density at radius 2 is 2.19 bits per heavy atom. The van der Waals surface area contributed by atoms with Crippen LogP contribution in [0, 0.1) is 0 Å². The second-order valence-electron chi connectivity index (χ2n) is 3.37. The number of fused-ring (bicyclic) bond motifs is 1. The second kappa shape index (κ2) is 4.37. The van der Waals surface area contributed by atoms with E-state index in [-0.39, 0.29) is 15.0 Å². The van der Waals surface area contributed by atoms with Gasteiger partial charge in [-0.1, -0.05) is 0 Å². The summed E-state index contributed by atoms with van der Waals surface area (Å²) in [6.07, 6.45) is 0. The van der Waals surface area contributed by atoms with Crippen molar-refractivity contribution in [3.63, 3.8) is 0 Å². The summed E-state index contributed by atoms with van der Waals surface area (Å²) < 4.78 is 8.80. The number of anilines is 1. The summed E-state index contributed by atoms with van der Waals surface area (Å²) >= 11 is 1.81. The number of hydrogen-bond acceptors (Lipinski definition) is 4. The first kappa shape index (κ1) is 10.0. The third-order valence-corrected chi connectivity index (χ3v) is 4.33. The van der Waals surface area contributed by atoms with Crippen molar-refractivity contribution in [1.29, 1.82) is 0 Å². The average Bonchev–Trinajstić information content (AvgIpc) is 2.97. The van der Waals surface area contributed by atoms with Gasteiger partial charge >= 0.3 is 103 Å². The Morgan fingerprint density at radius 1 is 1.19 bits per heavy atom. The first-order chi connectivity index (χ1) is 7.93. The molecule has 0 spiro atoms. The van der Waals surface area contributed by atoms with Crippen molar-refractivity contribution >= 4 is 43.0 Å². The summed E-state index contributed by atoms with van der Waals surface area (Å²) in [5.74, 6) is 0. The summed E-state index contributed by atoms with van der Waals surface area (Å²) in [5, 5.41) is 5.51. The van der Waals surface area contributed by atoms with Gasteiger partial charge in [0.05, 0.1) is 0 Å².